The molecule has 2 fully saturated rings. The normalized spacial score (nSPS) is 22.8. The van der Waals surface area contributed by atoms with Gasteiger partial charge in [0.2, 0.25) is 15.9 Å². The molecule has 10 nitrogen and oxygen atoms in total. The monoisotopic (exact) mass is 602 g/mol. The fourth-order valence-corrected chi connectivity index (χ4v) is 7.96. The van der Waals surface area contributed by atoms with Crippen molar-refractivity contribution in [1.29, 1.82) is 0 Å². The molecule has 2 N–H and O–H groups in total. The number of halogens is 2. The SMILES string of the molecule is COc1ccc(OCCN2C[C@H]([C@H](O)CO)C3CCCC(C2=O)N3S(=O)(=O)c2cc(Cl)cc(Cl)c2)cc1OC. The van der Waals surface area contributed by atoms with Gasteiger partial charge in [0.05, 0.1) is 38.4 Å². The molecule has 0 spiro atoms. The number of ether oxygens (including phenoxy) is 3. The lowest BCUT2D eigenvalue weighted by atomic mass is 9.87. The molecule has 0 aliphatic carbocycles. The van der Waals surface area contributed by atoms with Crippen molar-refractivity contribution in [2.45, 2.75) is 42.3 Å². The highest BCUT2D eigenvalue weighted by molar-refractivity contribution is 7.89. The van der Waals surface area contributed by atoms with Crippen LogP contribution in [0.15, 0.2) is 41.3 Å². The Labute approximate surface area is 238 Å². The number of fused-ring (bicyclic) bond motifs is 2. The third kappa shape index (κ3) is 6.23. The molecule has 2 unspecified atom stereocenters. The summed E-state index contributed by atoms with van der Waals surface area (Å²) >= 11 is 12.2. The summed E-state index contributed by atoms with van der Waals surface area (Å²) in [6.45, 7) is -0.272. The lowest BCUT2D eigenvalue weighted by Gasteiger charge is -2.41. The van der Waals surface area contributed by atoms with Crippen molar-refractivity contribution in [1.82, 2.24) is 9.21 Å². The van der Waals surface area contributed by atoms with Gasteiger partial charge in [-0.3, -0.25) is 4.79 Å². The number of rotatable bonds is 10. The largest absolute Gasteiger partial charge is 0.493 e. The molecule has 2 bridgehead atoms. The molecular formula is C26H32Cl2N2O8S. The molecule has 2 heterocycles. The highest BCUT2D eigenvalue weighted by Gasteiger charge is 2.51. The van der Waals surface area contributed by atoms with Crippen LogP contribution in [0.2, 0.25) is 10.0 Å². The van der Waals surface area contributed by atoms with Gasteiger partial charge in [-0.05, 0) is 49.6 Å². The van der Waals surface area contributed by atoms with E-state index in [2.05, 4.69) is 0 Å². The molecule has 2 aliphatic heterocycles. The number of hydrogen-bond donors (Lipinski definition) is 2. The number of amides is 1. The van der Waals surface area contributed by atoms with Crippen molar-refractivity contribution in [2.75, 3.05) is 40.5 Å². The first kappa shape index (κ1) is 29.7. The Bertz CT molecular complexity index is 1270. The Morgan fingerprint density at radius 2 is 1.74 bits per heavy atom. The molecule has 0 radical (unpaired) electrons. The average molecular weight is 604 g/mol. The Morgan fingerprint density at radius 1 is 1.05 bits per heavy atom. The maximum absolute atomic E-state index is 13.9. The van der Waals surface area contributed by atoms with Crippen molar-refractivity contribution in [2.24, 2.45) is 5.92 Å². The number of nitrogens with zero attached hydrogens (tertiary/aromatic N) is 2. The molecule has 2 aromatic carbocycles. The van der Waals surface area contributed by atoms with Crippen LogP contribution >= 0.6 is 23.2 Å². The van der Waals surface area contributed by atoms with Gasteiger partial charge in [-0.25, -0.2) is 8.42 Å². The Kier molecular flexibility index (Phi) is 9.51. The second-order valence-corrected chi connectivity index (χ2v) is 12.2. The summed E-state index contributed by atoms with van der Waals surface area (Å²) < 4.78 is 45.4. The Morgan fingerprint density at radius 3 is 2.38 bits per heavy atom. The van der Waals surface area contributed by atoms with Gasteiger partial charge in [-0.2, -0.15) is 4.31 Å². The number of carbonyl (C=O) groups is 1. The standard InChI is InChI=1S/C26H32Cl2N2O8S/c1-36-24-7-6-18(13-25(24)37-2)38-9-8-29-14-20(23(32)15-31)21-4-3-5-22(26(29)33)30(21)39(34,35)19-11-16(27)10-17(28)12-19/h6-7,10-13,20-23,31-32H,3-5,8-9,14-15H2,1-2H3/t20-,21?,22?,23+/m0/s1. The predicted octanol–water partition coefficient (Wildman–Crippen LogP) is 2.81. The van der Waals surface area contributed by atoms with Crippen molar-refractivity contribution < 1.29 is 37.6 Å². The minimum atomic E-state index is -4.23. The van der Waals surface area contributed by atoms with Crippen LogP contribution in [-0.2, 0) is 14.8 Å². The summed E-state index contributed by atoms with van der Waals surface area (Å²) in [6.07, 6.45) is 0.0931. The summed E-state index contributed by atoms with van der Waals surface area (Å²) in [5.74, 6) is 0.419. The zero-order chi connectivity index (χ0) is 28.3. The van der Waals surface area contributed by atoms with Crippen LogP contribution in [0.1, 0.15) is 19.3 Å². The Hall–Kier alpha value is -2.28. The maximum Gasteiger partial charge on any atom is 0.244 e. The zero-order valence-electron chi connectivity index (χ0n) is 21.6. The van der Waals surface area contributed by atoms with E-state index in [-0.39, 0.29) is 40.5 Å². The van der Waals surface area contributed by atoms with E-state index in [4.69, 9.17) is 37.4 Å². The van der Waals surface area contributed by atoms with Gasteiger partial charge in [-0.1, -0.05) is 23.2 Å². The number of aliphatic hydroxyl groups is 2. The van der Waals surface area contributed by atoms with E-state index in [1.165, 1.54) is 41.6 Å². The quantitative estimate of drug-likeness (QED) is 0.425. The molecule has 214 valence electrons. The Balaban J connectivity index is 1.62. The van der Waals surface area contributed by atoms with Crippen LogP contribution in [0.25, 0.3) is 0 Å². The molecule has 39 heavy (non-hydrogen) atoms. The number of aliphatic hydroxyl groups excluding tert-OH is 2. The zero-order valence-corrected chi connectivity index (χ0v) is 24.0. The van der Waals surface area contributed by atoms with E-state index < -0.39 is 40.7 Å². The van der Waals surface area contributed by atoms with Crippen LogP contribution in [0.3, 0.4) is 0 Å². The lowest BCUT2D eigenvalue weighted by molar-refractivity contribution is -0.135. The molecule has 4 rings (SSSR count). The number of carbonyl (C=O) groups excluding carboxylic acids is 1. The molecule has 2 aromatic rings. The van der Waals surface area contributed by atoms with Crippen molar-refractivity contribution in [3.05, 3.63) is 46.4 Å². The van der Waals surface area contributed by atoms with Gasteiger partial charge in [0.1, 0.15) is 18.4 Å². The second kappa shape index (κ2) is 12.5. The van der Waals surface area contributed by atoms with Crippen molar-refractivity contribution >= 4 is 39.1 Å². The van der Waals surface area contributed by atoms with Gasteiger partial charge < -0.3 is 29.3 Å². The van der Waals surface area contributed by atoms with E-state index >= 15 is 0 Å². The van der Waals surface area contributed by atoms with Gasteiger partial charge in [0.15, 0.2) is 11.5 Å². The van der Waals surface area contributed by atoms with E-state index in [1.807, 2.05) is 0 Å². The molecule has 1 amide bonds. The number of piperidine rings is 1. The van der Waals surface area contributed by atoms with Crippen LogP contribution in [0.4, 0.5) is 0 Å². The minimum Gasteiger partial charge on any atom is -0.493 e. The van der Waals surface area contributed by atoms with E-state index in [0.29, 0.717) is 36.5 Å². The number of benzene rings is 2. The van der Waals surface area contributed by atoms with Gasteiger partial charge in [-0.15, -0.1) is 0 Å². The molecule has 2 saturated heterocycles. The van der Waals surface area contributed by atoms with Gasteiger partial charge >= 0.3 is 0 Å². The van der Waals surface area contributed by atoms with Crippen molar-refractivity contribution in [3.63, 3.8) is 0 Å². The van der Waals surface area contributed by atoms with E-state index in [9.17, 15) is 23.4 Å². The maximum atomic E-state index is 13.9. The first-order valence-electron chi connectivity index (χ1n) is 12.5. The minimum absolute atomic E-state index is 0.0549. The van der Waals surface area contributed by atoms with Gasteiger partial charge in [0.25, 0.3) is 0 Å². The molecule has 4 atom stereocenters. The van der Waals surface area contributed by atoms with Crippen LogP contribution in [0, 0.1) is 5.92 Å². The fraction of sp³-hybridized carbons (Fsp3) is 0.500. The molecule has 0 saturated carbocycles. The van der Waals surface area contributed by atoms with Crippen molar-refractivity contribution in [3.8, 4) is 17.2 Å². The molecule has 2 aliphatic rings. The first-order valence-corrected chi connectivity index (χ1v) is 14.7. The fourth-order valence-electron chi connectivity index (χ4n) is 5.36. The topological polar surface area (TPSA) is 126 Å². The van der Waals surface area contributed by atoms with Crippen LogP contribution < -0.4 is 14.2 Å². The van der Waals surface area contributed by atoms with Crippen LogP contribution in [0.5, 0.6) is 17.2 Å². The third-order valence-electron chi connectivity index (χ3n) is 7.21. The second-order valence-electron chi connectivity index (χ2n) is 9.52. The highest BCUT2D eigenvalue weighted by atomic mass is 35.5. The number of sulfonamides is 1. The highest BCUT2D eigenvalue weighted by Crippen LogP contribution is 2.39. The average Bonchev–Trinajstić information content (AvgIpc) is 2.99. The predicted molar refractivity (Wildman–Crippen MR) is 145 cm³/mol. The summed E-state index contributed by atoms with van der Waals surface area (Å²) in [6, 6.07) is 7.39. The number of hydrogen-bond acceptors (Lipinski definition) is 8. The summed E-state index contributed by atoms with van der Waals surface area (Å²) in [5.41, 5.74) is 0. The van der Waals surface area contributed by atoms with Crippen LogP contribution in [-0.4, -0.2) is 92.5 Å². The summed E-state index contributed by atoms with van der Waals surface area (Å²) in [7, 11) is -1.19. The molecule has 13 heteroatoms. The smallest absolute Gasteiger partial charge is 0.244 e. The van der Waals surface area contributed by atoms with Gasteiger partial charge in [0, 0.05) is 34.6 Å². The summed E-state index contributed by atoms with van der Waals surface area (Å²) in [4.78, 5) is 15.2. The van der Waals surface area contributed by atoms with E-state index in [0.717, 1.165) is 0 Å². The number of methoxy groups -OCH3 is 2. The first-order chi connectivity index (χ1) is 18.6. The molecular weight excluding hydrogens is 571 g/mol. The van der Waals surface area contributed by atoms with E-state index in [1.54, 1.807) is 18.2 Å². The summed E-state index contributed by atoms with van der Waals surface area (Å²) in [5, 5.41) is 20.9. The lowest BCUT2D eigenvalue weighted by Crippen LogP contribution is -2.56. The molecule has 0 aromatic heterocycles. The third-order valence-corrected chi connectivity index (χ3v) is 9.56.